The van der Waals surface area contributed by atoms with Gasteiger partial charge in [-0.1, -0.05) is 127 Å². The standard InChI is InChI=1S/C47H43IO9/c1-32(49)57-40-27-41(55-30-35-20-12-6-13-21-35)44(48)46(56-31-36-22-14-7-15-23-36)43(40)45(50)42(47(51-2)52-3)38-25-24-37(53-28-33-16-8-4-9-17-33)26-39(38)54-29-34-18-10-5-11-19-34/h4-27,42,47H,28-31H2,1-3H3. The van der Waals surface area contributed by atoms with Gasteiger partial charge >= 0.3 is 5.97 Å². The Morgan fingerprint density at radius 2 is 1.00 bits per heavy atom. The van der Waals surface area contributed by atoms with Crippen molar-refractivity contribution in [2.75, 3.05) is 14.2 Å². The molecule has 0 amide bonds. The van der Waals surface area contributed by atoms with Crippen LogP contribution in [-0.2, 0) is 40.7 Å². The smallest absolute Gasteiger partial charge is 0.308 e. The third kappa shape index (κ3) is 11.0. The molecule has 0 aliphatic rings. The van der Waals surface area contributed by atoms with Gasteiger partial charge in [0, 0.05) is 38.8 Å². The minimum absolute atomic E-state index is 0.0140. The minimum atomic E-state index is -1.14. The molecule has 6 aromatic rings. The Hall–Kier alpha value is -5.69. The second-order valence-electron chi connectivity index (χ2n) is 13.0. The van der Waals surface area contributed by atoms with Gasteiger partial charge in [0.1, 0.15) is 60.9 Å². The van der Waals surface area contributed by atoms with Gasteiger partial charge in [-0.05, 0) is 50.9 Å². The first-order valence-electron chi connectivity index (χ1n) is 18.3. The molecule has 57 heavy (non-hydrogen) atoms. The number of hydrogen-bond donors (Lipinski definition) is 0. The van der Waals surface area contributed by atoms with Crippen molar-refractivity contribution in [3.05, 3.63) is 183 Å². The third-order valence-electron chi connectivity index (χ3n) is 8.94. The van der Waals surface area contributed by atoms with Crippen molar-refractivity contribution in [2.45, 2.75) is 45.6 Å². The summed E-state index contributed by atoms with van der Waals surface area (Å²) in [7, 11) is 2.92. The number of hydrogen-bond acceptors (Lipinski definition) is 9. The molecule has 0 saturated heterocycles. The number of methoxy groups -OCH3 is 2. The molecule has 0 aliphatic carbocycles. The Morgan fingerprint density at radius 3 is 1.47 bits per heavy atom. The number of esters is 1. The van der Waals surface area contributed by atoms with Gasteiger partial charge in [0.15, 0.2) is 17.8 Å². The highest BCUT2D eigenvalue weighted by molar-refractivity contribution is 14.1. The number of benzene rings is 6. The lowest BCUT2D eigenvalue weighted by Crippen LogP contribution is -2.31. The van der Waals surface area contributed by atoms with Crippen LogP contribution in [0.4, 0.5) is 0 Å². The van der Waals surface area contributed by atoms with Gasteiger partial charge in [0.2, 0.25) is 0 Å². The molecule has 0 saturated carbocycles. The highest BCUT2D eigenvalue weighted by atomic mass is 127. The van der Waals surface area contributed by atoms with Gasteiger partial charge in [0.25, 0.3) is 0 Å². The quantitative estimate of drug-likeness (QED) is 0.0259. The summed E-state index contributed by atoms with van der Waals surface area (Å²) < 4.78 is 43.5. The molecule has 1 unspecified atom stereocenters. The Balaban J connectivity index is 1.47. The van der Waals surface area contributed by atoms with Gasteiger partial charge < -0.3 is 33.2 Å². The average Bonchev–Trinajstić information content (AvgIpc) is 3.24. The molecule has 0 aliphatic heterocycles. The molecule has 0 heterocycles. The largest absolute Gasteiger partial charge is 0.489 e. The van der Waals surface area contributed by atoms with Crippen LogP contribution < -0.4 is 23.7 Å². The molecule has 0 bridgehead atoms. The zero-order chi connectivity index (χ0) is 40.0. The summed E-state index contributed by atoms with van der Waals surface area (Å²) in [6.07, 6.45) is -1.11. The van der Waals surface area contributed by atoms with Crippen molar-refractivity contribution in [2.24, 2.45) is 0 Å². The lowest BCUT2D eigenvalue weighted by atomic mass is 9.88. The molecule has 6 aromatic carbocycles. The molecule has 0 N–H and O–H groups in total. The van der Waals surface area contributed by atoms with E-state index < -0.39 is 24.0 Å². The van der Waals surface area contributed by atoms with Gasteiger partial charge in [0.05, 0.1) is 3.57 Å². The van der Waals surface area contributed by atoms with Crippen molar-refractivity contribution in [3.8, 4) is 28.7 Å². The number of rotatable bonds is 19. The summed E-state index contributed by atoms with van der Waals surface area (Å²) in [5.41, 5.74) is 4.18. The highest BCUT2D eigenvalue weighted by Gasteiger charge is 2.39. The fourth-order valence-electron chi connectivity index (χ4n) is 6.16. The third-order valence-corrected chi connectivity index (χ3v) is 9.96. The average molecular weight is 879 g/mol. The van der Waals surface area contributed by atoms with Crippen molar-refractivity contribution >= 4 is 34.3 Å². The van der Waals surface area contributed by atoms with E-state index in [2.05, 4.69) is 22.6 Å². The summed E-state index contributed by atoms with van der Waals surface area (Å²) >= 11 is 2.11. The molecule has 6 rings (SSSR count). The van der Waals surface area contributed by atoms with E-state index in [-0.39, 0.29) is 36.9 Å². The van der Waals surface area contributed by atoms with Crippen LogP contribution in [0.2, 0.25) is 0 Å². The summed E-state index contributed by atoms with van der Waals surface area (Å²) in [6, 6.07) is 45.6. The van der Waals surface area contributed by atoms with E-state index in [0.717, 1.165) is 22.3 Å². The van der Waals surface area contributed by atoms with Crippen LogP contribution in [0.3, 0.4) is 0 Å². The number of halogens is 1. The normalized spacial score (nSPS) is 11.5. The van der Waals surface area contributed by atoms with Crippen LogP contribution in [0.25, 0.3) is 0 Å². The van der Waals surface area contributed by atoms with E-state index in [1.54, 1.807) is 24.3 Å². The van der Waals surface area contributed by atoms with E-state index in [4.69, 9.17) is 33.2 Å². The van der Waals surface area contributed by atoms with Crippen LogP contribution >= 0.6 is 22.6 Å². The molecule has 292 valence electrons. The highest BCUT2D eigenvalue weighted by Crippen LogP contribution is 2.45. The molecule has 9 nitrogen and oxygen atoms in total. The van der Waals surface area contributed by atoms with Crippen molar-refractivity contribution < 1.29 is 42.7 Å². The molecule has 0 radical (unpaired) electrons. The Morgan fingerprint density at radius 1 is 0.544 bits per heavy atom. The number of carbonyl (C=O) groups is 2. The fourth-order valence-corrected chi connectivity index (χ4v) is 6.90. The van der Waals surface area contributed by atoms with Crippen LogP contribution in [0.15, 0.2) is 146 Å². The first kappa shape index (κ1) is 41.0. The lowest BCUT2D eigenvalue weighted by molar-refractivity contribution is -0.131. The number of ether oxygens (including phenoxy) is 7. The SMILES string of the molecule is COC(OC)C(C(=O)c1c(OC(C)=O)cc(OCc2ccccc2)c(I)c1OCc1ccccc1)c1ccc(OCc2ccccc2)cc1OCc1ccccc1. The van der Waals surface area contributed by atoms with Crippen LogP contribution in [0, 0.1) is 3.57 Å². The maximum absolute atomic E-state index is 15.4. The van der Waals surface area contributed by atoms with Gasteiger partial charge in [-0.3, -0.25) is 9.59 Å². The van der Waals surface area contributed by atoms with Crippen LogP contribution in [-0.4, -0.2) is 32.3 Å². The predicted molar refractivity (Wildman–Crippen MR) is 225 cm³/mol. The zero-order valence-corrected chi connectivity index (χ0v) is 34.0. The van der Waals surface area contributed by atoms with Crippen LogP contribution in [0.1, 0.15) is 51.0 Å². The molecule has 1 atom stereocenters. The Kier molecular flexibility index (Phi) is 14.7. The summed E-state index contributed by atoms with van der Waals surface area (Å²) in [6.45, 7) is 2.14. The second-order valence-corrected chi connectivity index (χ2v) is 14.0. The molecular weight excluding hydrogens is 835 g/mol. The summed E-state index contributed by atoms with van der Waals surface area (Å²) in [4.78, 5) is 28.2. The summed E-state index contributed by atoms with van der Waals surface area (Å²) in [5.74, 6) is -0.862. The Labute approximate surface area is 346 Å². The topological polar surface area (TPSA) is 98.8 Å². The van der Waals surface area contributed by atoms with E-state index in [9.17, 15) is 4.79 Å². The van der Waals surface area contributed by atoms with Gasteiger partial charge in [-0.15, -0.1) is 0 Å². The van der Waals surface area contributed by atoms with Gasteiger partial charge in [-0.25, -0.2) is 0 Å². The van der Waals surface area contributed by atoms with Crippen molar-refractivity contribution in [1.29, 1.82) is 0 Å². The van der Waals surface area contributed by atoms with Gasteiger partial charge in [-0.2, -0.15) is 0 Å². The maximum atomic E-state index is 15.4. The first-order valence-corrected chi connectivity index (χ1v) is 19.4. The monoisotopic (exact) mass is 878 g/mol. The zero-order valence-electron chi connectivity index (χ0n) is 31.9. The second kappa shape index (κ2) is 20.5. The predicted octanol–water partition coefficient (Wildman–Crippen LogP) is 10.1. The van der Waals surface area contributed by atoms with E-state index in [0.29, 0.717) is 33.0 Å². The number of carbonyl (C=O) groups excluding carboxylic acids is 2. The maximum Gasteiger partial charge on any atom is 0.308 e. The molecule has 0 spiro atoms. The van der Waals surface area contributed by atoms with E-state index >= 15 is 4.79 Å². The van der Waals surface area contributed by atoms with Crippen molar-refractivity contribution in [1.82, 2.24) is 0 Å². The Bertz CT molecular complexity index is 2210. The van der Waals surface area contributed by atoms with Crippen LogP contribution in [0.5, 0.6) is 28.7 Å². The number of Topliss-reactive ketones (excluding diaryl/α,β-unsaturated/α-hetero) is 1. The molecular formula is C47H43IO9. The summed E-state index contributed by atoms with van der Waals surface area (Å²) in [5, 5.41) is 0. The minimum Gasteiger partial charge on any atom is -0.489 e. The molecule has 10 heteroatoms. The lowest BCUT2D eigenvalue weighted by Gasteiger charge is -2.28. The first-order chi connectivity index (χ1) is 27.8. The molecule has 0 aromatic heterocycles. The fraction of sp³-hybridized carbons (Fsp3) is 0.191. The van der Waals surface area contributed by atoms with E-state index in [1.807, 2.05) is 121 Å². The van der Waals surface area contributed by atoms with Crippen molar-refractivity contribution in [3.63, 3.8) is 0 Å². The van der Waals surface area contributed by atoms with E-state index in [1.165, 1.54) is 21.1 Å². The molecule has 0 fully saturated rings. The number of ketones is 1.